The van der Waals surface area contributed by atoms with Crippen LogP contribution in [0.4, 0.5) is 19.0 Å². The highest BCUT2D eigenvalue weighted by Gasteiger charge is 2.33. The number of alkyl halides is 3. The van der Waals surface area contributed by atoms with Crippen molar-refractivity contribution in [2.24, 2.45) is 0 Å². The van der Waals surface area contributed by atoms with E-state index in [1.54, 1.807) is 6.92 Å². The summed E-state index contributed by atoms with van der Waals surface area (Å²) >= 11 is 0. The van der Waals surface area contributed by atoms with E-state index < -0.39 is 23.2 Å². The van der Waals surface area contributed by atoms with Crippen molar-refractivity contribution in [1.82, 2.24) is 14.8 Å². The molecule has 0 bridgehead atoms. The highest BCUT2D eigenvalue weighted by molar-refractivity contribution is 6.03. The number of halogens is 3. The van der Waals surface area contributed by atoms with Crippen LogP contribution in [0.1, 0.15) is 27.2 Å². The number of H-pyrrole nitrogens is 1. The third-order valence-electron chi connectivity index (χ3n) is 3.84. The number of hydrogen-bond donors (Lipinski definition) is 2. The van der Waals surface area contributed by atoms with Gasteiger partial charge in [-0.15, -0.1) is 0 Å². The lowest BCUT2D eigenvalue weighted by molar-refractivity contribution is -0.138. The molecule has 0 aliphatic carbocycles. The van der Waals surface area contributed by atoms with E-state index in [1.165, 1.54) is 41.2 Å². The molecular formula is C18H15F3N4O2. The number of amides is 1. The Morgan fingerprint density at radius 1 is 1.22 bits per heavy atom. The van der Waals surface area contributed by atoms with Crippen molar-refractivity contribution >= 4 is 11.7 Å². The van der Waals surface area contributed by atoms with Crippen molar-refractivity contribution in [3.8, 4) is 0 Å². The monoisotopic (exact) mass is 376 g/mol. The molecule has 3 rings (SSSR count). The number of benzene rings is 1. The Labute approximate surface area is 151 Å². The quantitative estimate of drug-likeness (QED) is 0.734. The van der Waals surface area contributed by atoms with Gasteiger partial charge in [0.1, 0.15) is 5.82 Å². The van der Waals surface area contributed by atoms with Crippen molar-refractivity contribution in [3.63, 3.8) is 0 Å². The molecule has 0 saturated heterocycles. The Morgan fingerprint density at radius 3 is 2.67 bits per heavy atom. The fourth-order valence-electron chi connectivity index (χ4n) is 2.66. The summed E-state index contributed by atoms with van der Waals surface area (Å²) in [5.41, 5.74) is -0.507. The zero-order valence-corrected chi connectivity index (χ0v) is 14.2. The zero-order valence-electron chi connectivity index (χ0n) is 14.2. The SMILES string of the molecule is Cc1cc(C(=O)Nc2ccnn2Cc2ccccc2C(F)(F)F)cc(=O)[nH]1. The zero-order chi connectivity index (χ0) is 19.6. The first kappa shape index (κ1) is 18.4. The average molecular weight is 376 g/mol. The van der Waals surface area contributed by atoms with Gasteiger partial charge < -0.3 is 10.3 Å². The van der Waals surface area contributed by atoms with Crippen LogP contribution in [0, 0.1) is 6.92 Å². The Morgan fingerprint density at radius 2 is 1.96 bits per heavy atom. The molecule has 2 N–H and O–H groups in total. The van der Waals surface area contributed by atoms with Crippen LogP contribution in [0.2, 0.25) is 0 Å². The summed E-state index contributed by atoms with van der Waals surface area (Å²) in [7, 11) is 0. The first-order valence-corrected chi connectivity index (χ1v) is 7.93. The fraction of sp³-hybridized carbons (Fsp3) is 0.167. The Hall–Kier alpha value is -3.36. The number of aromatic amines is 1. The van der Waals surface area contributed by atoms with E-state index in [4.69, 9.17) is 0 Å². The van der Waals surface area contributed by atoms with Crippen LogP contribution >= 0.6 is 0 Å². The molecular weight excluding hydrogens is 361 g/mol. The number of nitrogens with zero attached hydrogens (tertiary/aromatic N) is 2. The predicted octanol–water partition coefficient (Wildman–Crippen LogP) is 3.20. The Balaban J connectivity index is 1.85. The largest absolute Gasteiger partial charge is 0.416 e. The summed E-state index contributed by atoms with van der Waals surface area (Å²) < 4.78 is 40.7. The van der Waals surface area contributed by atoms with Gasteiger partial charge in [-0.05, 0) is 24.6 Å². The molecule has 1 aromatic carbocycles. The van der Waals surface area contributed by atoms with Crippen LogP contribution < -0.4 is 10.9 Å². The number of aromatic nitrogens is 3. The molecule has 1 amide bonds. The number of hydrogen-bond acceptors (Lipinski definition) is 3. The summed E-state index contributed by atoms with van der Waals surface area (Å²) in [5, 5.41) is 6.55. The second kappa shape index (κ2) is 7.10. The third-order valence-corrected chi connectivity index (χ3v) is 3.84. The maximum absolute atomic E-state index is 13.2. The highest BCUT2D eigenvalue weighted by Crippen LogP contribution is 2.32. The van der Waals surface area contributed by atoms with Gasteiger partial charge in [0.2, 0.25) is 5.56 Å². The first-order valence-electron chi connectivity index (χ1n) is 7.93. The summed E-state index contributed by atoms with van der Waals surface area (Å²) in [6, 6.07) is 9.28. The van der Waals surface area contributed by atoms with Crippen LogP contribution in [0.3, 0.4) is 0 Å². The molecule has 0 radical (unpaired) electrons. The first-order chi connectivity index (χ1) is 12.7. The second-order valence-corrected chi connectivity index (χ2v) is 5.90. The van der Waals surface area contributed by atoms with Crippen LogP contribution in [0.5, 0.6) is 0 Å². The maximum Gasteiger partial charge on any atom is 0.416 e. The molecule has 0 aliphatic rings. The summed E-state index contributed by atoms with van der Waals surface area (Å²) in [6.45, 7) is 1.46. The smallest absolute Gasteiger partial charge is 0.326 e. The average Bonchev–Trinajstić information content (AvgIpc) is 3.00. The molecule has 0 atom stereocenters. The van der Waals surface area contributed by atoms with Gasteiger partial charge >= 0.3 is 6.18 Å². The molecule has 2 aromatic heterocycles. The lowest BCUT2D eigenvalue weighted by atomic mass is 10.1. The van der Waals surface area contributed by atoms with Gasteiger partial charge in [0, 0.05) is 23.4 Å². The number of aryl methyl sites for hydroxylation is 1. The van der Waals surface area contributed by atoms with Gasteiger partial charge in [0.25, 0.3) is 5.91 Å². The molecule has 0 saturated carbocycles. The van der Waals surface area contributed by atoms with Gasteiger partial charge in [0.05, 0.1) is 18.3 Å². The summed E-state index contributed by atoms with van der Waals surface area (Å²) in [4.78, 5) is 26.4. The van der Waals surface area contributed by atoms with E-state index in [0.29, 0.717) is 5.69 Å². The lowest BCUT2D eigenvalue weighted by Crippen LogP contribution is -2.19. The number of nitrogens with one attached hydrogen (secondary N) is 2. The van der Waals surface area contributed by atoms with Crippen molar-refractivity contribution in [3.05, 3.63) is 81.4 Å². The molecule has 0 spiro atoms. The van der Waals surface area contributed by atoms with Crippen molar-refractivity contribution in [1.29, 1.82) is 0 Å². The standard InChI is InChI=1S/C18H15F3N4O2/c1-11-8-13(9-16(26)23-11)17(27)24-15-6-7-22-25(15)10-12-4-2-3-5-14(12)18(19,20)21/h2-9H,10H2,1H3,(H,23,26)(H,24,27). The van der Waals surface area contributed by atoms with Gasteiger partial charge in [0.15, 0.2) is 0 Å². The summed E-state index contributed by atoms with van der Waals surface area (Å²) in [5.74, 6) is -0.343. The second-order valence-electron chi connectivity index (χ2n) is 5.90. The molecule has 0 fully saturated rings. The van der Waals surface area contributed by atoms with Crippen molar-refractivity contribution in [2.45, 2.75) is 19.6 Å². The van der Waals surface area contributed by atoms with E-state index in [1.807, 2.05) is 0 Å². The third kappa shape index (κ3) is 4.25. The molecule has 0 unspecified atom stereocenters. The van der Waals surface area contributed by atoms with Crippen LogP contribution in [0.15, 0.2) is 53.5 Å². The van der Waals surface area contributed by atoms with Crippen molar-refractivity contribution in [2.75, 3.05) is 5.32 Å². The van der Waals surface area contributed by atoms with E-state index >= 15 is 0 Å². The molecule has 2 heterocycles. The van der Waals surface area contributed by atoms with Gasteiger partial charge in [-0.3, -0.25) is 9.59 Å². The number of anilines is 1. The normalized spacial score (nSPS) is 11.4. The van der Waals surface area contributed by atoms with Gasteiger partial charge in [-0.2, -0.15) is 18.3 Å². The van der Waals surface area contributed by atoms with E-state index in [9.17, 15) is 22.8 Å². The maximum atomic E-state index is 13.2. The fourth-order valence-corrected chi connectivity index (χ4v) is 2.66. The predicted molar refractivity (Wildman–Crippen MR) is 92.5 cm³/mol. The van der Waals surface area contributed by atoms with Crippen LogP contribution in [-0.4, -0.2) is 20.7 Å². The highest BCUT2D eigenvalue weighted by atomic mass is 19.4. The van der Waals surface area contributed by atoms with E-state index in [-0.39, 0.29) is 23.5 Å². The minimum Gasteiger partial charge on any atom is -0.326 e. The molecule has 27 heavy (non-hydrogen) atoms. The van der Waals surface area contributed by atoms with Gasteiger partial charge in [-0.25, -0.2) is 4.68 Å². The van der Waals surface area contributed by atoms with Crippen LogP contribution in [0.25, 0.3) is 0 Å². The molecule has 0 aliphatic heterocycles. The molecule has 6 nitrogen and oxygen atoms in total. The van der Waals surface area contributed by atoms with Gasteiger partial charge in [-0.1, -0.05) is 18.2 Å². The molecule has 9 heteroatoms. The Bertz CT molecular complexity index is 1040. The summed E-state index contributed by atoms with van der Waals surface area (Å²) in [6.07, 6.45) is -3.12. The van der Waals surface area contributed by atoms with E-state index in [2.05, 4.69) is 15.4 Å². The van der Waals surface area contributed by atoms with E-state index in [0.717, 1.165) is 12.1 Å². The van der Waals surface area contributed by atoms with Crippen LogP contribution in [-0.2, 0) is 12.7 Å². The minimum absolute atomic E-state index is 0.0243. The topological polar surface area (TPSA) is 79.8 Å². The lowest BCUT2D eigenvalue weighted by Gasteiger charge is -2.14. The Kier molecular flexibility index (Phi) is 4.85. The minimum atomic E-state index is -4.49. The number of rotatable bonds is 4. The van der Waals surface area contributed by atoms with Crippen molar-refractivity contribution < 1.29 is 18.0 Å². The number of carbonyl (C=O) groups is 1. The number of carbonyl (C=O) groups excluding carboxylic acids is 1. The molecule has 140 valence electrons. The number of pyridine rings is 1. The molecule has 3 aromatic rings.